The molecule has 0 spiro atoms. The van der Waals surface area contributed by atoms with E-state index in [-0.39, 0.29) is 22.7 Å². The summed E-state index contributed by atoms with van der Waals surface area (Å²) in [6.07, 6.45) is 1.51. The molecular weight excluding hydrogens is 549 g/mol. The molecule has 1 N–H and O–H groups in total. The van der Waals surface area contributed by atoms with Crippen LogP contribution in [0.15, 0.2) is 107 Å². The van der Waals surface area contributed by atoms with Crippen LogP contribution < -0.4 is 5.56 Å². The first-order chi connectivity index (χ1) is 19.5. The number of halogens is 1. The molecule has 5 aromatic rings. The predicted molar refractivity (Wildman–Crippen MR) is 152 cm³/mol. The molecule has 0 amide bonds. The first kappa shape index (κ1) is 27.6. The fraction of sp³-hybridized carbons (Fsp3) is 0.0667. The maximum absolute atomic E-state index is 13.7. The van der Waals surface area contributed by atoms with Crippen molar-refractivity contribution in [1.82, 2.24) is 9.78 Å². The van der Waals surface area contributed by atoms with Gasteiger partial charge in [0.1, 0.15) is 10.7 Å². The summed E-state index contributed by atoms with van der Waals surface area (Å²) in [4.78, 5) is 24.0. The van der Waals surface area contributed by atoms with Gasteiger partial charge in [-0.15, -0.1) is 0 Å². The lowest BCUT2D eigenvalue weighted by atomic mass is 9.95. The van der Waals surface area contributed by atoms with E-state index < -0.39 is 26.4 Å². The van der Waals surface area contributed by atoms with Gasteiger partial charge >= 0.3 is 0 Å². The van der Waals surface area contributed by atoms with E-state index in [9.17, 15) is 32.3 Å². The smallest absolute Gasteiger partial charge is 0.282 e. The van der Waals surface area contributed by atoms with Crippen molar-refractivity contribution in [1.29, 1.82) is 0 Å². The molecule has 0 unspecified atom stereocenters. The van der Waals surface area contributed by atoms with Crippen LogP contribution in [0.5, 0.6) is 0 Å². The molecule has 41 heavy (non-hydrogen) atoms. The summed E-state index contributed by atoms with van der Waals surface area (Å²) in [7, 11) is -4.48. The monoisotopic (exact) mass is 571 g/mol. The first-order valence-electron chi connectivity index (χ1n) is 12.3. The lowest BCUT2D eigenvalue weighted by Crippen LogP contribution is -2.25. The third kappa shape index (κ3) is 5.67. The van der Waals surface area contributed by atoms with E-state index in [2.05, 4.69) is 5.10 Å². The Balaban J connectivity index is 1.60. The van der Waals surface area contributed by atoms with Crippen LogP contribution in [0.3, 0.4) is 0 Å². The molecule has 1 aromatic heterocycles. The van der Waals surface area contributed by atoms with E-state index in [0.29, 0.717) is 38.9 Å². The Morgan fingerprint density at radius 2 is 1.46 bits per heavy atom. The number of nitro groups is 1. The second-order valence-electron chi connectivity index (χ2n) is 9.33. The predicted octanol–water partition coefficient (Wildman–Crippen LogP) is 5.90. The molecule has 0 bridgehead atoms. The van der Waals surface area contributed by atoms with Crippen molar-refractivity contribution in [2.75, 3.05) is 0 Å². The second-order valence-corrected chi connectivity index (χ2v) is 10.7. The molecule has 5 rings (SSSR count). The van der Waals surface area contributed by atoms with Gasteiger partial charge in [0, 0.05) is 23.3 Å². The molecule has 11 heteroatoms. The van der Waals surface area contributed by atoms with E-state index in [4.69, 9.17) is 0 Å². The van der Waals surface area contributed by atoms with Crippen molar-refractivity contribution in [2.24, 2.45) is 0 Å². The minimum atomic E-state index is -4.48. The SMILES string of the molecule is Cc1cccc(-c2ccc(-c3cnn(Cc4ccc([N+](=O)[O-])cc4)c(=O)c3-c3ccc(F)cc3)cc2)c1S(=O)(=O)O. The molecule has 1 heterocycles. The van der Waals surface area contributed by atoms with E-state index in [0.717, 1.165) is 0 Å². The van der Waals surface area contributed by atoms with Crippen molar-refractivity contribution in [3.63, 3.8) is 0 Å². The number of hydrogen-bond donors (Lipinski definition) is 1. The number of aromatic nitrogens is 2. The van der Waals surface area contributed by atoms with Crippen molar-refractivity contribution in [2.45, 2.75) is 18.4 Å². The average Bonchev–Trinajstić information content (AvgIpc) is 2.94. The molecule has 0 atom stereocenters. The van der Waals surface area contributed by atoms with Crippen molar-refractivity contribution in [3.05, 3.63) is 135 Å². The van der Waals surface area contributed by atoms with Gasteiger partial charge in [0.2, 0.25) is 0 Å². The number of nitro benzene ring substituents is 1. The zero-order chi connectivity index (χ0) is 29.3. The van der Waals surface area contributed by atoms with Gasteiger partial charge in [0.05, 0.1) is 23.2 Å². The second kappa shape index (κ2) is 10.9. The molecule has 4 aromatic carbocycles. The highest BCUT2D eigenvalue weighted by atomic mass is 32.2. The van der Waals surface area contributed by atoms with E-state index in [1.807, 2.05) is 0 Å². The normalized spacial score (nSPS) is 11.4. The number of benzene rings is 4. The number of rotatable bonds is 7. The van der Waals surface area contributed by atoms with E-state index in [1.54, 1.807) is 61.5 Å². The van der Waals surface area contributed by atoms with Crippen molar-refractivity contribution in [3.8, 4) is 33.4 Å². The molecule has 0 aliphatic heterocycles. The Morgan fingerprint density at radius 1 is 0.878 bits per heavy atom. The molecule has 0 radical (unpaired) electrons. The van der Waals surface area contributed by atoms with Crippen molar-refractivity contribution >= 4 is 15.8 Å². The fourth-order valence-electron chi connectivity index (χ4n) is 4.66. The van der Waals surface area contributed by atoms with Gasteiger partial charge in [-0.05, 0) is 46.9 Å². The lowest BCUT2D eigenvalue weighted by Gasteiger charge is -2.14. The van der Waals surface area contributed by atoms with E-state index in [1.165, 1.54) is 47.3 Å². The third-order valence-corrected chi connectivity index (χ3v) is 7.69. The molecule has 0 fully saturated rings. The zero-order valence-corrected chi connectivity index (χ0v) is 22.4. The maximum atomic E-state index is 13.7. The van der Waals surface area contributed by atoms with Crippen molar-refractivity contribution < 1.29 is 22.3 Å². The summed E-state index contributed by atoms with van der Waals surface area (Å²) in [5.74, 6) is -0.465. The van der Waals surface area contributed by atoms with Gasteiger partial charge in [-0.2, -0.15) is 13.5 Å². The Hall–Kier alpha value is -5.00. The van der Waals surface area contributed by atoms with Crippen LogP contribution in [0.2, 0.25) is 0 Å². The van der Waals surface area contributed by atoms with Crippen LogP contribution >= 0.6 is 0 Å². The number of non-ortho nitro benzene ring substituents is 1. The molecule has 9 nitrogen and oxygen atoms in total. The summed E-state index contributed by atoms with van der Waals surface area (Å²) in [6, 6.07) is 22.9. The summed E-state index contributed by atoms with van der Waals surface area (Å²) in [6.45, 7) is 1.64. The first-order valence-corrected chi connectivity index (χ1v) is 13.7. The highest BCUT2D eigenvalue weighted by molar-refractivity contribution is 7.86. The maximum Gasteiger partial charge on any atom is 0.295 e. The minimum absolute atomic E-state index is 0.0516. The Bertz CT molecular complexity index is 1940. The van der Waals surface area contributed by atoms with Crippen LogP contribution in [0, 0.1) is 22.9 Å². The van der Waals surface area contributed by atoms with Crippen LogP contribution in [0.1, 0.15) is 11.1 Å². The van der Waals surface area contributed by atoms with Gasteiger partial charge in [-0.3, -0.25) is 19.5 Å². The van der Waals surface area contributed by atoms with Crippen LogP contribution in [-0.4, -0.2) is 27.7 Å². The van der Waals surface area contributed by atoms with Gasteiger partial charge < -0.3 is 0 Å². The Labute approximate surface area is 234 Å². The Kier molecular flexibility index (Phi) is 7.31. The summed E-state index contributed by atoms with van der Waals surface area (Å²) in [5.41, 5.74) is 3.15. The highest BCUT2D eigenvalue weighted by Crippen LogP contribution is 2.34. The number of aryl methyl sites for hydroxylation is 1. The summed E-state index contributed by atoms with van der Waals surface area (Å²) in [5, 5.41) is 15.3. The fourth-order valence-corrected chi connectivity index (χ4v) is 5.60. The van der Waals surface area contributed by atoms with Crippen LogP contribution in [0.4, 0.5) is 10.1 Å². The quantitative estimate of drug-likeness (QED) is 0.146. The van der Waals surface area contributed by atoms with Gasteiger partial charge in [0.15, 0.2) is 0 Å². The van der Waals surface area contributed by atoms with Crippen LogP contribution in [0.25, 0.3) is 33.4 Å². The standard InChI is InChI=1S/C30H22FN3O6S/c1-19-3-2-4-26(29(19)41(38,39)40)21-7-9-22(10-8-21)27-17-32-33(18-20-5-15-25(16-6-20)34(36)37)30(35)28(27)23-11-13-24(31)14-12-23/h2-17H,18H2,1H3,(H,38,39,40). The zero-order valence-electron chi connectivity index (χ0n) is 21.6. The van der Waals surface area contributed by atoms with Gasteiger partial charge in [0.25, 0.3) is 21.4 Å². The summed E-state index contributed by atoms with van der Waals surface area (Å²) >= 11 is 0. The van der Waals surface area contributed by atoms with E-state index >= 15 is 0 Å². The molecule has 206 valence electrons. The minimum Gasteiger partial charge on any atom is -0.282 e. The average molecular weight is 572 g/mol. The summed E-state index contributed by atoms with van der Waals surface area (Å²) < 4.78 is 48.9. The largest absolute Gasteiger partial charge is 0.295 e. The molecule has 0 aliphatic carbocycles. The highest BCUT2D eigenvalue weighted by Gasteiger charge is 2.20. The molecular formula is C30H22FN3O6S. The number of hydrogen-bond acceptors (Lipinski definition) is 6. The molecule has 0 saturated carbocycles. The lowest BCUT2D eigenvalue weighted by molar-refractivity contribution is -0.384. The van der Waals surface area contributed by atoms with Gasteiger partial charge in [-0.1, -0.05) is 66.7 Å². The molecule has 0 saturated heterocycles. The topological polar surface area (TPSA) is 132 Å². The van der Waals surface area contributed by atoms with Gasteiger partial charge in [-0.25, -0.2) is 9.07 Å². The van der Waals surface area contributed by atoms with Crippen LogP contribution in [-0.2, 0) is 16.7 Å². The third-order valence-electron chi connectivity index (χ3n) is 6.63. The number of nitrogens with zero attached hydrogens (tertiary/aromatic N) is 3. The molecule has 0 aliphatic rings. The Morgan fingerprint density at radius 3 is 2.05 bits per heavy atom.